The summed E-state index contributed by atoms with van der Waals surface area (Å²) in [6.07, 6.45) is 5.58. The molecule has 8 heteroatoms. The highest BCUT2D eigenvalue weighted by Crippen LogP contribution is 2.34. The first-order chi connectivity index (χ1) is 17.8. The van der Waals surface area contributed by atoms with Crippen molar-refractivity contribution in [3.8, 4) is 11.6 Å². The Morgan fingerprint density at radius 1 is 1.16 bits per heavy atom. The minimum Gasteiger partial charge on any atom is -0.496 e. The second-order valence-electron chi connectivity index (χ2n) is 9.31. The molecule has 0 aliphatic heterocycles. The number of ether oxygens (including phenoxy) is 1. The van der Waals surface area contributed by atoms with Gasteiger partial charge < -0.3 is 24.4 Å². The van der Waals surface area contributed by atoms with Crippen LogP contribution in [-0.4, -0.2) is 66.7 Å². The summed E-state index contributed by atoms with van der Waals surface area (Å²) >= 11 is 0. The molecule has 0 radical (unpaired) electrons. The molecule has 2 heterocycles. The molecule has 0 saturated carbocycles. The van der Waals surface area contributed by atoms with Gasteiger partial charge >= 0.3 is 0 Å². The molecule has 192 valence electrons. The number of benzene rings is 2. The van der Waals surface area contributed by atoms with E-state index >= 15 is 0 Å². The molecule has 0 fully saturated rings. The van der Waals surface area contributed by atoms with Crippen LogP contribution in [0.25, 0.3) is 16.7 Å². The molecule has 0 aliphatic carbocycles. The van der Waals surface area contributed by atoms with Crippen molar-refractivity contribution in [2.75, 3.05) is 51.6 Å². The Kier molecular flexibility index (Phi) is 7.89. The van der Waals surface area contributed by atoms with Crippen LogP contribution in [0.15, 0.2) is 67.5 Å². The van der Waals surface area contributed by atoms with Gasteiger partial charge in [-0.3, -0.25) is 4.79 Å². The van der Waals surface area contributed by atoms with Gasteiger partial charge in [0.1, 0.15) is 17.4 Å². The topological polar surface area (TPSA) is 75.5 Å². The van der Waals surface area contributed by atoms with Crippen LogP contribution in [-0.2, 0) is 11.2 Å². The van der Waals surface area contributed by atoms with E-state index in [4.69, 9.17) is 9.72 Å². The maximum absolute atomic E-state index is 12.2. The van der Waals surface area contributed by atoms with Gasteiger partial charge in [0.25, 0.3) is 0 Å². The van der Waals surface area contributed by atoms with Gasteiger partial charge in [0.15, 0.2) is 0 Å². The zero-order valence-electron chi connectivity index (χ0n) is 22.2. The molecule has 0 spiro atoms. The van der Waals surface area contributed by atoms with Crippen LogP contribution in [0.4, 0.5) is 11.4 Å². The Balaban J connectivity index is 1.71. The van der Waals surface area contributed by atoms with Crippen molar-refractivity contribution in [3.63, 3.8) is 0 Å². The number of carbonyl (C=O) groups is 1. The van der Waals surface area contributed by atoms with E-state index in [1.54, 1.807) is 13.3 Å². The number of para-hydroxylation sites is 1. The van der Waals surface area contributed by atoms with Crippen molar-refractivity contribution in [1.82, 2.24) is 19.4 Å². The highest BCUT2D eigenvalue weighted by atomic mass is 16.5. The SMILES string of the molecule is C=CC(=O)Nc1cc(Cc2nccc(-n3cc(C)c4ccccc43)n2)c(OC)cc1N(C)CCN(C)C. The maximum Gasteiger partial charge on any atom is 0.247 e. The molecule has 1 N–H and O–H groups in total. The van der Waals surface area contributed by atoms with Crippen molar-refractivity contribution in [2.45, 2.75) is 13.3 Å². The van der Waals surface area contributed by atoms with E-state index in [1.165, 1.54) is 17.0 Å². The molecule has 37 heavy (non-hydrogen) atoms. The number of nitrogens with zero attached hydrogens (tertiary/aromatic N) is 5. The summed E-state index contributed by atoms with van der Waals surface area (Å²) in [5, 5.41) is 4.15. The van der Waals surface area contributed by atoms with Gasteiger partial charge in [-0.1, -0.05) is 24.8 Å². The largest absolute Gasteiger partial charge is 0.496 e. The maximum atomic E-state index is 12.2. The zero-order chi connectivity index (χ0) is 26.5. The summed E-state index contributed by atoms with van der Waals surface area (Å²) in [6, 6.07) is 14.1. The van der Waals surface area contributed by atoms with Crippen molar-refractivity contribution in [2.24, 2.45) is 0 Å². The number of amides is 1. The van der Waals surface area contributed by atoms with E-state index in [-0.39, 0.29) is 5.91 Å². The molecule has 4 rings (SSSR count). The lowest BCUT2D eigenvalue weighted by molar-refractivity contribution is -0.111. The molecule has 0 unspecified atom stereocenters. The fourth-order valence-corrected chi connectivity index (χ4v) is 4.33. The Bertz CT molecular complexity index is 1430. The highest BCUT2D eigenvalue weighted by molar-refractivity contribution is 6.01. The average molecular weight is 499 g/mol. The van der Waals surface area contributed by atoms with Crippen molar-refractivity contribution >= 4 is 28.2 Å². The third-order valence-corrected chi connectivity index (χ3v) is 6.33. The van der Waals surface area contributed by atoms with Gasteiger partial charge in [-0.05, 0) is 50.9 Å². The quantitative estimate of drug-likeness (QED) is 0.326. The van der Waals surface area contributed by atoms with Crippen LogP contribution in [0.1, 0.15) is 17.0 Å². The lowest BCUT2D eigenvalue weighted by Crippen LogP contribution is -2.29. The first-order valence-corrected chi connectivity index (χ1v) is 12.2. The van der Waals surface area contributed by atoms with E-state index in [1.807, 2.05) is 51.5 Å². The molecule has 0 saturated heterocycles. The summed E-state index contributed by atoms with van der Waals surface area (Å²) in [7, 11) is 7.71. The molecular formula is C29H34N6O2. The van der Waals surface area contributed by atoms with Crippen LogP contribution < -0.4 is 15.0 Å². The Morgan fingerprint density at radius 3 is 2.68 bits per heavy atom. The van der Waals surface area contributed by atoms with E-state index in [9.17, 15) is 4.79 Å². The summed E-state index contributed by atoms with van der Waals surface area (Å²) in [4.78, 5) is 25.9. The van der Waals surface area contributed by atoms with Crippen LogP contribution in [0.2, 0.25) is 0 Å². The molecule has 0 bridgehead atoms. The molecule has 8 nitrogen and oxygen atoms in total. The van der Waals surface area contributed by atoms with Gasteiger partial charge in [0, 0.05) is 56.0 Å². The Labute approximate surface area is 218 Å². The minimum atomic E-state index is -0.272. The van der Waals surface area contributed by atoms with Crippen LogP contribution in [0.3, 0.4) is 0 Å². The van der Waals surface area contributed by atoms with Crippen LogP contribution in [0, 0.1) is 6.92 Å². The van der Waals surface area contributed by atoms with Crippen molar-refractivity contribution in [3.05, 3.63) is 84.5 Å². The smallest absolute Gasteiger partial charge is 0.247 e. The van der Waals surface area contributed by atoms with Gasteiger partial charge in [0.05, 0.1) is 24.0 Å². The molecule has 2 aromatic heterocycles. The number of likely N-dealkylation sites (N-methyl/N-ethyl adjacent to an activating group) is 2. The normalized spacial score (nSPS) is 11.1. The standard InChI is InChI=1S/C29H34N6O2/c1-7-29(36)31-23-16-21(26(37-6)18-25(23)34(5)15-14-33(3)4)17-27-30-13-12-28(32-27)35-19-20(2)22-10-8-9-11-24(22)35/h7-13,16,18-19H,1,14-15,17H2,2-6H3,(H,31,36). The third kappa shape index (κ3) is 5.81. The number of anilines is 2. The van der Waals surface area contributed by atoms with E-state index in [0.717, 1.165) is 35.7 Å². The number of aromatic nitrogens is 3. The van der Waals surface area contributed by atoms with Gasteiger partial charge in [-0.15, -0.1) is 0 Å². The highest BCUT2D eigenvalue weighted by Gasteiger charge is 2.17. The lowest BCUT2D eigenvalue weighted by Gasteiger charge is -2.25. The minimum absolute atomic E-state index is 0.272. The number of hydrogen-bond acceptors (Lipinski definition) is 6. The number of carbonyl (C=O) groups excluding carboxylic acids is 1. The summed E-state index contributed by atoms with van der Waals surface area (Å²) in [6.45, 7) is 7.34. The zero-order valence-corrected chi connectivity index (χ0v) is 22.2. The number of fused-ring (bicyclic) bond motifs is 1. The van der Waals surface area contributed by atoms with Gasteiger partial charge in [0.2, 0.25) is 5.91 Å². The number of methoxy groups -OCH3 is 1. The number of nitrogens with one attached hydrogen (secondary N) is 1. The predicted octanol–water partition coefficient (Wildman–Crippen LogP) is 4.45. The molecule has 0 atom stereocenters. The van der Waals surface area contributed by atoms with E-state index < -0.39 is 0 Å². The predicted molar refractivity (Wildman–Crippen MR) is 150 cm³/mol. The fourth-order valence-electron chi connectivity index (χ4n) is 4.33. The fraction of sp³-hybridized carbons (Fsp3) is 0.276. The van der Waals surface area contributed by atoms with Crippen molar-refractivity contribution < 1.29 is 9.53 Å². The van der Waals surface area contributed by atoms with Crippen LogP contribution in [0.5, 0.6) is 5.75 Å². The van der Waals surface area contributed by atoms with Gasteiger partial charge in [-0.25, -0.2) is 9.97 Å². The second kappa shape index (κ2) is 11.3. The Morgan fingerprint density at radius 2 is 1.95 bits per heavy atom. The molecule has 0 aliphatic rings. The van der Waals surface area contributed by atoms with E-state index in [2.05, 4.69) is 56.5 Å². The molecule has 1 amide bonds. The Hall–Kier alpha value is -4.17. The van der Waals surface area contributed by atoms with E-state index in [0.29, 0.717) is 23.7 Å². The molecule has 2 aromatic carbocycles. The first kappa shape index (κ1) is 25.9. The van der Waals surface area contributed by atoms with Crippen LogP contribution >= 0.6 is 0 Å². The monoisotopic (exact) mass is 498 g/mol. The number of rotatable bonds is 10. The summed E-state index contributed by atoms with van der Waals surface area (Å²) in [5.74, 6) is 1.89. The summed E-state index contributed by atoms with van der Waals surface area (Å²) < 4.78 is 7.85. The number of aryl methyl sites for hydroxylation is 1. The molecular weight excluding hydrogens is 464 g/mol. The third-order valence-electron chi connectivity index (χ3n) is 6.33. The average Bonchev–Trinajstić information content (AvgIpc) is 3.24. The lowest BCUT2D eigenvalue weighted by atomic mass is 10.1. The molecule has 4 aromatic rings. The summed E-state index contributed by atoms with van der Waals surface area (Å²) in [5.41, 5.74) is 4.71. The van der Waals surface area contributed by atoms with Crippen molar-refractivity contribution in [1.29, 1.82) is 0 Å². The second-order valence-corrected chi connectivity index (χ2v) is 9.31. The first-order valence-electron chi connectivity index (χ1n) is 12.2. The van der Waals surface area contributed by atoms with Gasteiger partial charge in [-0.2, -0.15) is 0 Å². The number of hydrogen-bond donors (Lipinski definition) is 1.